The van der Waals surface area contributed by atoms with Crippen molar-refractivity contribution >= 4 is 5.84 Å². The number of halogens is 1. The molecule has 0 aliphatic carbocycles. The van der Waals surface area contributed by atoms with Crippen molar-refractivity contribution in [3.63, 3.8) is 0 Å². The van der Waals surface area contributed by atoms with Crippen LogP contribution in [0.4, 0.5) is 4.39 Å². The van der Waals surface area contributed by atoms with Gasteiger partial charge in [0.2, 0.25) is 0 Å². The second-order valence-corrected chi connectivity index (χ2v) is 3.17. The number of rotatable bonds is 4. The number of ether oxygens (including phenoxy) is 1. The normalized spacial score (nSPS) is 13.6. The molecule has 0 bridgehead atoms. The van der Waals surface area contributed by atoms with Gasteiger partial charge in [-0.05, 0) is 12.1 Å². The van der Waals surface area contributed by atoms with E-state index in [1.165, 1.54) is 12.1 Å². The van der Waals surface area contributed by atoms with E-state index in [4.69, 9.17) is 15.7 Å². The first kappa shape index (κ1) is 11.3. The minimum absolute atomic E-state index is 0.0614. The first-order valence-corrected chi connectivity index (χ1v) is 4.50. The van der Waals surface area contributed by atoms with Crippen LogP contribution in [0.2, 0.25) is 0 Å². The third kappa shape index (κ3) is 3.12. The van der Waals surface area contributed by atoms with Crippen LogP contribution >= 0.6 is 0 Å². The summed E-state index contributed by atoms with van der Waals surface area (Å²) in [7, 11) is 0. The van der Waals surface area contributed by atoms with Gasteiger partial charge >= 0.3 is 0 Å². The number of hydrogen-bond acceptors (Lipinski definition) is 3. The molecule has 0 radical (unpaired) electrons. The number of oxime groups is 1. The van der Waals surface area contributed by atoms with Gasteiger partial charge in [-0.2, -0.15) is 0 Å². The molecule has 1 unspecified atom stereocenters. The molecule has 0 saturated heterocycles. The van der Waals surface area contributed by atoms with Gasteiger partial charge in [0.25, 0.3) is 0 Å². The van der Waals surface area contributed by atoms with Crippen LogP contribution in [0.25, 0.3) is 0 Å². The molecule has 1 aromatic carbocycles. The molecule has 15 heavy (non-hydrogen) atoms. The number of benzene rings is 1. The molecule has 82 valence electrons. The maximum absolute atomic E-state index is 13.1. The number of hydrogen-bond donors (Lipinski definition) is 2. The summed E-state index contributed by atoms with van der Waals surface area (Å²) in [6.45, 7) is 1.88. The first-order chi connectivity index (χ1) is 7.15. The Labute approximate surface area is 87.2 Å². The molecular weight excluding hydrogens is 199 g/mol. The topological polar surface area (TPSA) is 67.8 Å². The van der Waals surface area contributed by atoms with Gasteiger partial charge in [-0.3, -0.25) is 0 Å². The summed E-state index contributed by atoms with van der Waals surface area (Å²) in [5.41, 5.74) is 5.34. The molecule has 0 saturated carbocycles. The molecule has 3 N–H and O–H groups in total. The van der Waals surface area contributed by atoms with Crippen molar-refractivity contribution < 1.29 is 14.3 Å². The maximum Gasteiger partial charge on any atom is 0.165 e. The highest BCUT2D eigenvalue weighted by Gasteiger charge is 2.09. The first-order valence-electron chi connectivity index (χ1n) is 4.50. The number of para-hydroxylation sites is 1. The molecule has 0 heterocycles. The average Bonchev–Trinajstić information content (AvgIpc) is 2.26. The minimum atomic E-state index is -0.427. The predicted molar refractivity (Wildman–Crippen MR) is 54.5 cm³/mol. The van der Waals surface area contributed by atoms with Crippen LogP contribution in [0.1, 0.15) is 6.92 Å². The number of amidine groups is 1. The Morgan fingerprint density at radius 2 is 2.27 bits per heavy atom. The standard InChI is InChI=1S/C10H13FN2O2/c1-7(10(12)13-14)6-15-9-5-3-2-4-8(9)11/h2-5,7,14H,6H2,1H3,(H2,12,13). The van der Waals surface area contributed by atoms with E-state index in [1.54, 1.807) is 19.1 Å². The third-order valence-electron chi connectivity index (χ3n) is 1.95. The van der Waals surface area contributed by atoms with Gasteiger partial charge < -0.3 is 15.7 Å². The smallest absolute Gasteiger partial charge is 0.165 e. The second kappa shape index (κ2) is 5.19. The van der Waals surface area contributed by atoms with E-state index in [9.17, 15) is 4.39 Å². The number of nitrogens with zero attached hydrogens (tertiary/aromatic N) is 1. The van der Waals surface area contributed by atoms with Gasteiger partial charge in [-0.1, -0.05) is 24.2 Å². The lowest BCUT2D eigenvalue weighted by molar-refractivity contribution is 0.269. The highest BCUT2D eigenvalue weighted by molar-refractivity contribution is 5.81. The van der Waals surface area contributed by atoms with Crippen molar-refractivity contribution in [1.82, 2.24) is 0 Å². The lowest BCUT2D eigenvalue weighted by Gasteiger charge is -2.11. The molecule has 0 aliphatic heterocycles. The predicted octanol–water partition coefficient (Wildman–Crippen LogP) is 1.59. The Bertz CT molecular complexity index is 355. The number of nitrogens with two attached hydrogens (primary N) is 1. The van der Waals surface area contributed by atoms with Crippen LogP contribution in [0, 0.1) is 11.7 Å². The molecule has 0 fully saturated rings. The fraction of sp³-hybridized carbons (Fsp3) is 0.300. The highest BCUT2D eigenvalue weighted by atomic mass is 19.1. The zero-order valence-electron chi connectivity index (χ0n) is 8.35. The van der Waals surface area contributed by atoms with Crippen molar-refractivity contribution in [2.24, 2.45) is 16.8 Å². The van der Waals surface area contributed by atoms with E-state index in [0.717, 1.165) is 0 Å². The molecule has 1 rings (SSSR count). The lowest BCUT2D eigenvalue weighted by Crippen LogP contribution is -2.26. The van der Waals surface area contributed by atoms with Gasteiger partial charge in [-0.15, -0.1) is 0 Å². The van der Waals surface area contributed by atoms with Crippen LogP contribution in [0.3, 0.4) is 0 Å². The average molecular weight is 212 g/mol. The van der Waals surface area contributed by atoms with E-state index in [1.807, 2.05) is 0 Å². The molecular formula is C10H13FN2O2. The fourth-order valence-corrected chi connectivity index (χ4v) is 0.961. The Kier molecular flexibility index (Phi) is 3.91. The van der Waals surface area contributed by atoms with Gasteiger partial charge in [0.05, 0.1) is 12.5 Å². The van der Waals surface area contributed by atoms with E-state index >= 15 is 0 Å². The van der Waals surface area contributed by atoms with E-state index in [0.29, 0.717) is 0 Å². The summed E-state index contributed by atoms with van der Waals surface area (Å²) in [4.78, 5) is 0. The van der Waals surface area contributed by atoms with Gasteiger partial charge in [0.1, 0.15) is 5.84 Å². The monoisotopic (exact) mass is 212 g/mol. The van der Waals surface area contributed by atoms with Crippen LogP contribution in [-0.4, -0.2) is 17.6 Å². The van der Waals surface area contributed by atoms with E-state index in [2.05, 4.69) is 5.16 Å². The quantitative estimate of drug-likeness (QED) is 0.344. The molecule has 0 spiro atoms. The Hall–Kier alpha value is -1.78. The molecule has 1 aromatic rings. The SMILES string of the molecule is CC(COc1ccccc1F)/C(N)=N/O. The molecule has 1 atom stereocenters. The maximum atomic E-state index is 13.1. The zero-order chi connectivity index (χ0) is 11.3. The van der Waals surface area contributed by atoms with Crippen LogP contribution in [0.15, 0.2) is 29.4 Å². The molecule has 0 aliphatic rings. The van der Waals surface area contributed by atoms with Crippen molar-refractivity contribution in [3.05, 3.63) is 30.1 Å². The Morgan fingerprint density at radius 3 is 2.87 bits per heavy atom. The Balaban J connectivity index is 2.54. The second-order valence-electron chi connectivity index (χ2n) is 3.17. The van der Waals surface area contributed by atoms with Gasteiger partial charge in [0, 0.05) is 0 Å². The van der Waals surface area contributed by atoms with E-state index < -0.39 is 5.82 Å². The summed E-state index contributed by atoms with van der Waals surface area (Å²) in [5, 5.41) is 11.2. The van der Waals surface area contributed by atoms with E-state index in [-0.39, 0.29) is 24.1 Å². The van der Waals surface area contributed by atoms with Gasteiger partial charge in [-0.25, -0.2) is 4.39 Å². The summed E-state index contributed by atoms with van der Waals surface area (Å²) in [5.74, 6) is -0.472. The zero-order valence-corrected chi connectivity index (χ0v) is 8.35. The van der Waals surface area contributed by atoms with Crippen molar-refractivity contribution in [1.29, 1.82) is 0 Å². The highest BCUT2D eigenvalue weighted by Crippen LogP contribution is 2.16. The van der Waals surface area contributed by atoms with Crippen molar-refractivity contribution in [2.75, 3.05) is 6.61 Å². The molecule has 5 heteroatoms. The fourth-order valence-electron chi connectivity index (χ4n) is 0.961. The molecule has 0 amide bonds. The van der Waals surface area contributed by atoms with Gasteiger partial charge in [0.15, 0.2) is 11.6 Å². The summed E-state index contributed by atoms with van der Waals surface area (Å²) < 4.78 is 18.3. The third-order valence-corrected chi connectivity index (χ3v) is 1.95. The van der Waals surface area contributed by atoms with Crippen LogP contribution < -0.4 is 10.5 Å². The summed E-state index contributed by atoms with van der Waals surface area (Å²) in [6, 6.07) is 6.08. The summed E-state index contributed by atoms with van der Waals surface area (Å²) in [6.07, 6.45) is 0. The Morgan fingerprint density at radius 1 is 1.60 bits per heavy atom. The molecule has 4 nitrogen and oxygen atoms in total. The summed E-state index contributed by atoms with van der Waals surface area (Å²) >= 11 is 0. The largest absolute Gasteiger partial charge is 0.490 e. The van der Waals surface area contributed by atoms with Crippen molar-refractivity contribution in [3.8, 4) is 5.75 Å². The lowest BCUT2D eigenvalue weighted by atomic mass is 10.2. The van der Waals surface area contributed by atoms with Crippen molar-refractivity contribution in [2.45, 2.75) is 6.92 Å². The minimum Gasteiger partial charge on any atom is -0.490 e. The van der Waals surface area contributed by atoms with Crippen LogP contribution in [-0.2, 0) is 0 Å². The molecule has 0 aromatic heterocycles. The van der Waals surface area contributed by atoms with Crippen LogP contribution in [0.5, 0.6) is 5.75 Å².